The molecule has 106 valence electrons. The minimum absolute atomic E-state index is 0.315. The second kappa shape index (κ2) is 6.63. The molecule has 0 radical (unpaired) electrons. The van der Waals surface area contributed by atoms with Crippen molar-refractivity contribution in [3.8, 4) is 0 Å². The van der Waals surface area contributed by atoms with Gasteiger partial charge in [-0.1, -0.05) is 33.6 Å². The number of hydrogen-bond acceptors (Lipinski definition) is 2. The highest BCUT2D eigenvalue weighted by Gasteiger charge is 2.16. The summed E-state index contributed by atoms with van der Waals surface area (Å²) in [6.07, 6.45) is 0.353. The fourth-order valence-electron chi connectivity index (χ4n) is 2.01. The van der Waals surface area contributed by atoms with Gasteiger partial charge in [0.05, 0.1) is 6.04 Å². The average molecular weight is 362 g/mol. The molecule has 0 amide bonds. The van der Waals surface area contributed by atoms with Gasteiger partial charge in [-0.15, -0.1) is 0 Å². The van der Waals surface area contributed by atoms with E-state index in [9.17, 15) is 8.78 Å². The molecule has 3 N–H and O–H groups in total. The van der Waals surface area contributed by atoms with Crippen LogP contribution in [-0.4, -0.2) is 0 Å². The predicted molar refractivity (Wildman–Crippen MR) is 79.3 cm³/mol. The maximum atomic E-state index is 13.9. The molecule has 1 atom stereocenters. The van der Waals surface area contributed by atoms with Crippen LogP contribution in [-0.2, 0) is 6.42 Å². The molecule has 0 heterocycles. The molecule has 6 heteroatoms. The highest BCUT2D eigenvalue weighted by atomic mass is 79.9. The number of nitrogens with two attached hydrogens (primary N) is 1. The lowest BCUT2D eigenvalue weighted by atomic mass is 9.99. The van der Waals surface area contributed by atoms with Crippen molar-refractivity contribution in [3.63, 3.8) is 0 Å². The topological polar surface area (TPSA) is 38.0 Å². The van der Waals surface area contributed by atoms with Gasteiger partial charge in [0.2, 0.25) is 0 Å². The number of nitrogens with one attached hydrogen (secondary N) is 1. The smallest absolute Gasteiger partial charge is 0.129 e. The molecule has 0 fully saturated rings. The summed E-state index contributed by atoms with van der Waals surface area (Å²) in [6, 6.07) is 8.42. The molecule has 0 aromatic heterocycles. The highest BCUT2D eigenvalue weighted by Crippen LogP contribution is 2.25. The first-order valence-corrected chi connectivity index (χ1v) is 7.02. The maximum absolute atomic E-state index is 13.9. The molecule has 0 saturated heterocycles. The van der Waals surface area contributed by atoms with Crippen LogP contribution in [0.1, 0.15) is 17.2 Å². The van der Waals surface area contributed by atoms with E-state index in [2.05, 4.69) is 21.4 Å². The van der Waals surface area contributed by atoms with Gasteiger partial charge in [-0.2, -0.15) is 0 Å². The van der Waals surface area contributed by atoms with Crippen LogP contribution in [0.25, 0.3) is 0 Å². The predicted octanol–water partition coefficient (Wildman–Crippen LogP) is 4.13. The van der Waals surface area contributed by atoms with Crippen molar-refractivity contribution in [2.45, 2.75) is 12.5 Å². The van der Waals surface area contributed by atoms with Crippen molar-refractivity contribution in [1.82, 2.24) is 5.43 Å². The van der Waals surface area contributed by atoms with Crippen LogP contribution in [0.5, 0.6) is 0 Å². The van der Waals surface area contributed by atoms with Crippen LogP contribution in [0.15, 0.2) is 40.9 Å². The Morgan fingerprint density at radius 1 is 1.20 bits per heavy atom. The lowest BCUT2D eigenvalue weighted by Crippen LogP contribution is -2.30. The molecule has 0 aliphatic carbocycles. The largest absolute Gasteiger partial charge is 0.271 e. The van der Waals surface area contributed by atoms with E-state index in [1.165, 1.54) is 18.2 Å². The van der Waals surface area contributed by atoms with Crippen LogP contribution in [0.3, 0.4) is 0 Å². The Hall–Kier alpha value is -1.01. The second-order valence-electron chi connectivity index (χ2n) is 4.37. The SMILES string of the molecule is NNC(Cc1cc(F)cc(Br)c1)c1ccc(Cl)cc1F. The zero-order chi connectivity index (χ0) is 14.7. The minimum atomic E-state index is -0.471. The maximum Gasteiger partial charge on any atom is 0.129 e. The molecule has 0 bridgehead atoms. The van der Waals surface area contributed by atoms with E-state index in [4.69, 9.17) is 17.4 Å². The molecule has 20 heavy (non-hydrogen) atoms. The zero-order valence-corrected chi connectivity index (χ0v) is 12.7. The van der Waals surface area contributed by atoms with Crippen molar-refractivity contribution < 1.29 is 8.78 Å². The quantitative estimate of drug-likeness (QED) is 0.635. The first-order chi connectivity index (χ1) is 9.49. The third-order valence-corrected chi connectivity index (χ3v) is 3.59. The van der Waals surface area contributed by atoms with Gasteiger partial charge in [0.1, 0.15) is 11.6 Å². The van der Waals surface area contributed by atoms with E-state index in [1.807, 2.05) is 0 Å². The number of hydrazine groups is 1. The van der Waals surface area contributed by atoms with Gasteiger partial charge in [-0.05, 0) is 42.3 Å². The summed E-state index contributed by atoms with van der Waals surface area (Å²) in [4.78, 5) is 0. The van der Waals surface area contributed by atoms with Gasteiger partial charge in [0.25, 0.3) is 0 Å². The summed E-state index contributed by atoms with van der Waals surface area (Å²) >= 11 is 8.94. The molecule has 0 aliphatic heterocycles. The van der Waals surface area contributed by atoms with Crippen LogP contribution < -0.4 is 11.3 Å². The molecule has 2 aromatic carbocycles. The van der Waals surface area contributed by atoms with E-state index in [-0.39, 0.29) is 5.82 Å². The summed E-state index contributed by atoms with van der Waals surface area (Å²) in [6.45, 7) is 0. The standard InChI is InChI=1S/C14H12BrClF2N2/c15-9-3-8(4-11(17)6-9)5-14(20-19)12-2-1-10(16)7-13(12)18/h1-4,6-7,14,20H,5,19H2. The lowest BCUT2D eigenvalue weighted by Gasteiger charge is -2.17. The lowest BCUT2D eigenvalue weighted by molar-refractivity contribution is 0.509. The van der Waals surface area contributed by atoms with E-state index >= 15 is 0 Å². The molecule has 2 rings (SSSR count). The summed E-state index contributed by atoms with van der Waals surface area (Å²) in [7, 11) is 0. The Morgan fingerprint density at radius 3 is 2.55 bits per heavy atom. The molecular weight excluding hydrogens is 350 g/mol. The van der Waals surface area contributed by atoms with E-state index in [1.54, 1.807) is 18.2 Å². The van der Waals surface area contributed by atoms with E-state index in [0.29, 0.717) is 27.0 Å². The van der Waals surface area contributed by atoms with Crippen molar-refractivity contribution in [2.75, 3.05) is 0 Å². The molecule has 2 nitrogen and oxygen atoms in total. The van der Waals surface area contributed by atoms with Gasteiger partial charge in [-0.3, -0.25) is 11.3 Å². The Morgan fingerprint density at radius 2 is 1.95 bits per heavy atom. The number of hydrogen-bond donors (Lipinski definition) is 2. The van der Waals surface area contributed by atoms with Crippen LogP contribution in [0, 0.1) is 11.6 Å². The summed E-state index contributed by atoms with van der Waals surface area (Å²) < 4.78 is 27.9. The number of benzene rings is 2. The Labute approximate surface area is 129 Å². The Bertz CT molecular complexity index is 602. The fraction of sp³-hybridized carbons (Fsp3) is 0.143. The number of rotatable bonds is 4. The van der Waals surface area contributed by atoms with E-state index < -0.39 is 11.9 Å². The van der Waals surface area contributed by atoms with Gasteiger partial charge in [0.15, 0.2) is 0 Å². The van der Waals surface area contributed by atoms with Crippen molar-refractivity contribution in [1.29, 1.82) is 0 Å². The molecular formula is C14H12BrClF2N2. The average Bonchev–Trinajstić information content (AvgIpc) is 2.35. The summed E-state index contributed by atoms with van der Waals surface area (Å²) in [5.74, 6) is 4.67. The van der Waals surface area contributed by atoms with Crippen molar-refractivity contribution >= 4 is 27.5 Å². The summed E-state index contributed by atoms with van der Waals surface area (Å²) in [5.41, 5.74) is 3.63. The zero-order valence-electron chi connectivity index (χ0n) is 10.3. The van der Waals surface area contributed by atoms with Gasteiger partial charge < -0.3 is 0 Å². The third kappa shape index (κ3) is 3.76. The van der Waals surface area contributed by atoms with Crippen molar-refractivity contribution in [2.24, 2.45) is 5.84 Å². The molecule has 1 unspecified atom stereocenters. The van der Waals surface area contributed by atoms with Crippen LogP contribution >= 0.6 is 27.5 Å². The number of halogens is 4. The van der Waals surface area contributed by atoms with Crippen LogP contribution in [0.2, 0.25) is 5.02 Å². The van der Waals surface area contributed by atoms with Gasteiger partial charge in [0, 0.05) is 15.1 Å². The fourth-order valence-corrected chi connectivity index (χ4v) is 2.68. The first-order valence-electron chi connectivity index (χ1n) is 5.85. The molecule has 0 aliphatic rings. The monoisotopic (exact) mass is 360 g/mol. The van der Waals surface area contributed by atoms with Crippen molar-refractivity contribution in [3.05, 3.63) is 68.7 Å². The third-order valence-electron chi connectivity index (χ3n) is 2.90. The van der Waals surface area contributed by atoms with Gasteiger partial charge in [-0.25, -0.2) is 8.78 Å². The molecule has 2 aromatic rings. The normalized spacial score (nSPS) is 12.4. The second-order valence-corrected chi connectivity index (χ2v) is 5.72. The highest BCUT2D eigenvalue weighted by molar-refractivity contribution is 9.10. The summed E-state index contributed by atoms with van der Waals surface area (Å²) in [5, 5.41) is 0.315. The van der Waals surface area contributed by atoms with Crippen LogP contribution in [0.4, 0.5) is 8.78 Å². The minimum Gasteiger partial charge on any atom is -0.271 e. The first kappa shape index (κ1) is 15.4. The van der Waals surface area contributed by atoms with Gasteiger partial charge >= 0.3 is 0 Å². The molecule has 0 spiro atoms. The Kier molecular flexibility index (Phi) is 5.10. The molecule has 0 saturated carbocycles. The Balaban J connectivity index is 2.28. The van der Waals surface area contributed by atoms with E-state index in [0.717, 1.165) is 0 Å².